The fourth-order valence-corrected chi connectivity index (χ4v) is 2.51. The number of rotatable bonds is 7. The van der Waals surface area contributed by atoms with E-state index >= 15 is 0 Å². The van der Waals surface area contributed by atoms with Crippen LogP contribution in [0.4, 0.5) is 0 Å². The summed E-state index contributed by atoms with van der Waals surface area (Å²) in [6.07, 6.45) is 0.176. The van der Waals surface area contributed by atoms with Crippen LogP contribution in [0.5, 0.6) is 5.75 Å². The molecular weight excluding hydrogens is 351 g/mol. The van der Waals surface area contributed by atoms with Crippen molar-refractivity contribution < 1.29 is 19.1 Å². The highest BCUT2D eigenvalue weighted by molar-refractivity contribution is 6.37. The number of hydrogen-bond donors (Lipinski definition) is 0. The number of ether oxygens (including phenoxy) is 2. The van der Waals surface area contributed by atoms with Gasteiger partial charge in [-0.25, -0.2) is 0 Å². The van der Waals surface area contributed by atoms with E-state index in [2.05, 4.69) is 0 Å². The van der Waals surface area contributed by atoms with Gasteiger partial charge in [-0.3, -0.25) is 9.59 Å². The molecule has 0 aliphatic rings. The normalized spacial score (nSPS) is 10.3. The van der Waals surface area contributed by atoms with Crippen molar-refractivity contribution in [1.29, 1.82) is 0 Å². The quantitative estimate of drug-likeness (QED) is 0.532. The third-order valence-corrected chi connectivity index (χ3v) is 3.72. The Hall–Kier alpha value is -2.04. The molecule has 0 aromatic heterocycles. The van der Waals surface area contributed by atoms with E-state index in [0.29, 0.717) is 33.5 Å². The van der Waals surface area contributed by atoms with E-state index in [1.807, 2.05) is 0 Å². The van der Waals surface area contributed by atoms with Gasteiger partial charge in [-0.2, -0.15) is 0 Å². The Kier molecular flexibility index (Phi) is 6.64. The molecule has 0 fully saturated rings. The molecule has 6 heteroatoms. The molecule has 0 radical (unpaired) electrons. The van der Waals surface area contributed by atoms with Gasteiger partial charge in [-0.15, -0.1) is 0 Å². The lowest BCUT2D eigenvalue weighted by Crippen LogP contribution is -2.09. The SMILES string of the molecule is CCOC(=O)CCOc1ccc(C(=O)c2ccc(Cl)cc2Cl)cc1. The molecule has 24 heavy (non-hydrogen) atoms. The Labute approximate surface area is 150 Å². The smallest absolute Gasteiger partial charge is 0.309 e. The summed E-state index contributed by atoms with van der Waals surface area (Å²) in [6, 6.07) is 11.4. The fraction of sp³-hybridized carbons (Fsp3) is 0.222. The lowest BCUT2D eigenvalue weighted by atomic mass is 10.0. The van der Waals surface area contributed by atoms with Crippen LogP contribution in [0.15, 0.2) is 42.5 Å². The minimum Gasteiger partial charge on any atom is -0.493 e. The Bertz CT molecular complexity index is 726. The second-order valence-corrected chi connectivity index (χ2v) is 5.72. The van der Waals surface area contributed by atoms with Gasteiger partial charge in [0.25, 0.3) is 0 Å². The van der Waals surface area contributed by atoms with Crippen molar-refractivity contribution in [2.75, 3.05) is 13.2 Å². The molecule has 2 aromatic carbocycles. The Morgan fingerprint density at radius 1 is 1.04 bits per heavy atom. The lowest BCUT2D eigenvalue weighted by molar-refractivity contribution is -0.143. The molecule has 0 heterocycles. The van der Waals surface area contributed by atoms with Crippen molar-refractivity contribution in [2.24, 2.45) is 0 Å². The zero-order valence-electron chi connectivity index (χ0n) is 13.1. The summed E-state index contributed by atoms with van der Waals surface area (Å²) in [5.41, 5.74) is 0.869. The molecule has 0 N–H and O–H groups in total. The first-order valence-corrected chi connectivity index (χ1v) is 8.15. The van der Waals surface area contributed by atoms with Crippen LogP contribution in [0.25, 0.3) is 0 Å². The van der Waals surface area contributed by atoms with Gasteiger partial charge in [0.05, 0.1) is 24.7 Å². The van der Waals surface area contributed by atoms with E-state index in [9.17, 15) is 9.59 Å². The number of ketones is 1. The van der Waals surface area contributed by atoms with Gasteiger partial charge in [0.15, 0.2) is 5.78 Å². The first-order valence-electron chi connectivity index (χ1n) is 7.39. The summed E-state index contributed by atoms with van der Waals surface area (Å²) in [4.78, 5) is 23.7. The second-order valence-electron chi connectivity index (χ2n) is 4.88. The van der Waals surface area contributed by atoms with Crippen molar-refractivity contribution in [2.45, 2.75) is 13.3 Å². The first-order chi connectivity index (χ1) is 11.5. The minimum atomic E-state index is -0.304. The first kappa shape index (κ1) is 18.3. The fourth-order valence-electron chi connectivity index (χ4n) is 2.02. The predicted molar refractivity (Wildman–Crippen MR) is 93.1 cm³/mol. The Morgan fingerprint density at radius 2 is 1.75 bits per heavy atom. The molecule has 0 spiro atoms. The van der Waals surface area contributed by atoms with Gasteiger partial charge >= 0.3 is 5.97 Å². The van der Waals surface area contributed by atoms with Gasteiger partial charge in [0, 0.05) is 16.1 Å². The molecule has 0 aliphatic carbocycles. The zero-order chi connectivity index (χ0) is 17.5. The highest BCUT2D eigenvalue weighted by Crippen LogP contribution is 2.24. The number of carbonyl (C=O) groups excluding carboxylic acids is 2. The molecule has 0 atom stereocenters. The van der Waals surface area contributed by atoms with Crippen LogP contribution in [0.1, 0.15) is 29.3 Å². The van der Waals surface area contributed by atoms with Crippen LogP contribution in [0.3, 0.4) is 0 Å². The molecule has 2 aromatic rings. The summed E-state index contributed by atoms with van der Waals surface area (Å²) >= 11 is 11.9. The van der Waals surface area contributed by atoms with Gasteiger partial charge in [0.1, 0.15) is 5.75 Å². The van der Waals surface area contributed by atoms with Gasteiger partial charge < -0.3 is 9.47 Å². The summed E-state index contributed by atoms with van der Waals surface area (Å²) in [7, 11) is 0. The Balaban J connectivity index is 1.98. The van der Waals surface area contributed by atoms with Gasteiger partial charge in [-0.05, 0) is 49.4 Å². The van der Waals surface area contributed by atoms with Crippen LogP contribution >= 0.6 is 23.2 Å². The monoisotopic (exact) mass is 366 g/mol. The molecule has 126 valence electrons. The number of halogens is 2. The van der Waals surface area contributed by atoms with Crippen molar-refractivity contribution in [1.82, 2.24) is 0 Å². The lowest BCUT2D eigenvalue weighted by Gasteiger charge is -2.08. The van der Waals surface area contributed by atoms with Crippen LogP contribution in [0, 0.1) is 0 Å². The molecule has 4 nitrogen and oxygen atoms in total. The van der Waals surface area contributed by atoms with E-state index in [1.54, 1.807) is 43.3 Å². The third-order valence-electron chi connectivity index (χ3n) is 3.17. The van der Waals surface area contributed by atoms with E-state index in [4.69, 9.17) is 32.7 Å². The number of hydrogen-bond acceptors (Lipinski definition) is 4. The molecule has 0 unspecified atom stereocenters. The van der Waals surface area contributed by atoms with Gasteiger partial charge in [-0.1, -0.05) is 23.2 Å². The molecule has 0 aliphatic heterocycles. The highest BCUT2D eigenvalue weighted by Gasteiger charge is 2.13. The maximum atomic E-state index is 12.4. The zero-order valence-corrected chi connectivity index (χ0v) is 14.6. The largest absolute Gasteiger partial charge is 0.493 e. The topological polar surface area (TPSA) is 52.6 Å². The van der Waals surface area contributed by atoms with Crippen LogP contribution in [0.2, 0.25) is 10.0 Å². The molecular formula is C18H16Cl2O4. The number of benzene rings is 2. The van der Waals surface area contributed by atoms with E-state index < -0.39 is 0 Å². The third kappa shape index (κ3) is 4.98. The van der Waals surface area contributed by atoms with Crippen molar-refractivity contribution >= 4 is 35.0 Å². The average molecular weight is 367 g/mol. The van der Waals surface area contributed by atoms with Crippen LogP contribution in [-0.4, -0.2) is 25.0 Å². The highest BCUT2D eigenvalue weighted by atomic mass is 35.5. The second kappa shape index (κ2) is 8.71. The van der Waals surface area contributed by atoms with Crippen molar-refractivity contribution in [3.8, 4) is 5.75 Å². The van der Waals surface area contributed by atoms with Crippen molar-refractivity contribution in [3.63, 3.8) is 0 Å². The van der Waals surface area contributed by atoms with E-state index in [-0.39, 0.29) is 24.8 Å². The van der Waals surface area contributed by atoms with Crippen LogP contribution < -0.4 is 4.74 Å². The van der Waals surface area contributed by atoms with Gasteiger partial charge in [0.2, 0.25) is 0 Å². The maximum absolute atomic E-state index is 12.4. The van der Waals surface area contributed by atoms with E-state index in [1.165, 1.54) is 6.07 Å². The molecule has 0 bridgehead atoms. The summed E-state index contributed by atoms with van der Waals surface area (Å²) in [5, 5.41) is 0.782. The molecule has 0 saturated heterocycles. The minimum absolute atomic E-state index is 0.176. The average Bonchev–Trinajstić information content (AvgIpc) is 2.55. The number of esters is 1. The summed E-state index contributed by atoms with van der Waals surface area (Å²) in [5.74, 6) is 0.0643. The Morgan fingerprint density at radius 3 is 2.38 bits per heavy atom. The molecule has 2 rings (SSSR count). The summed E-state index contributed by atoms with van der Waals surface area (Å²) < 4.78 is 10.3. The predicted octanol–water partition coefficient (Wildman–Crippen LogP) is 4.56. The summed E-state index contributed by atoms with van der Waals surface area (Å²) in [6.45, 7) is 2.32. The van der Waals surface area contributed by atoms with E-state index in [0.717, 1.165) is 0 Å². The maximum Gasteiger partial charge on any atom is 0.309 e. The molecule has 0 saturated carbocycles. The number of carbonyl (C=O) groups is 2. The standard InChI is InChI=1S/C18H16Cl2O4/c1-2-23-17(21)9-10-24-14-6-3-12(4-7-14)18(22)15-8-5-13(19)11-16(15)20/h3-8,11H,2,9-10H2,1H3. The van der Waals surface area contributed by atoms with Crippen LogP contribution in [-0.2, 0) is 9.53 Å². The van der Waals surface area contributed by atoms with Crippen molar-refractivity contribution in [3.05, 3.63) is 63.6 Å². The molecule has 0 amide bonds.